The van der Waals surface area contributed by atoms with E-state index in [1.165, 1.54) is 0 Å². The van der Waals surface area contributed by atoms with Crippen LogP contribution in [-0.4, -0.2) is 11.4 Å². The number of aliphatic hydroxyl groups excluding tert-OH is 1. The van der Waals surface area contributed by atoms with Gasteiger partial charge < -0.3 is 5.11 Å². The second-order valence-electron chi connectivity index (χ2n) is 3.05. The summed E-state index contributed by atoms with van der Waals surface area (Å²) in [5.41, 5.74) is 1.63. The van der Waals surface area contributed by atoms with Gasteiger partial charge in [0, 0.05) is 0 Å². The standard InChI is InChI=1S/C9H12O2/c1-7-2-8(5-10)4-9(3-7)6-11/h4-7,10H,2-3H2,1H3/b8-5-. The van der Waals surface area contributed by atoms with Crippen molar-refractivity contribution in [2.45, 2.75) is 19.8 Å². The molecule has 0 amide bonds. The summed E-state index contributed by atoms with van der Waals surface area (Å²) in [4.78, 5) is 10.4. The van der Waals surface area contributed by atoms with E-state index in [-0.39, 0.29) is 0 Å². The van der Waals surface area contributed by atoms with E-state index in [1.54, 1.807) is 6.08 Å². The first-order valence-electron chi connectivity index (χ1n) is 3.75. The highest BCUT2D eigenvalue weighted by molar-refractivity contribution is 5.74. The SMILES string of the molecule is CC1CC(C=O)=C/C(=C\O)C1. The van der Waals surface area contributed by atoms with Crippen LogP contribution in [0.2, 0.25) is 0 Å². The molecule has 0 bridgehead atoms. The van der Waals surface area contributed by atoms with E-state index in [0.29, 0.717) is 5.92 Å². The summed E-state index contributed by atoms with van der Waals surface area (Å²) < 4.78 is 0. The van der Waals surface area contributed by atoms with Crippen LogP contribution in [0.1, 0.15) is 19.8 Å². The van der Waals surface area contributed by atoms with Gasteiger partial charge in [-0.3, -0.25) is 4.79 Å². The van der Waals surface area contributed by atoms with Crippen molar-refractivity contribution in [2.75, 3.05) is 0 Å². The summed E-state index contributed by atoms with van der Waals surface area (Å²) in [6, 6.07) is 0. The minimum absolute atomic E-state index is 0.471. The molecular weight excluding hydrogens is 140 g/mol. The number of hydrogen-bond donors (Lipinski definition) is 1. The zero-order valence-corrected chi connectivity index (χ0v) is 6.58. The Morgan fingerprint density at radius 2 is 2.36 bits per heavy atom. The summed E-state index contributed by atoms with van der Waals surface area (Å²) in [7, 11) is 0. The normalized spacial score (nSPS) is 28.3. The van der Waals surface area contributed by atoms with Crippen molar-refractivity contribution in [3.63, 3.8) is 0 Å². The van der Waals surface area contributed by atoms with Gasteiger partial charge in [-0.05, 0) is 36.0 Å². The molecule has 0 aromatic rings. The topological polar surface area (TPSA) is 37.3 Å². The number of aldehydes is 1. The lowest BCUT2D eigenvalue weighted by atomic mass is 9.88. The Bertz CT molecular complexity index is 214. The quantitative estimate of drug-likeness (QED) is 0.461. The maximum Gasteiger partial charge on any atom is 0.146 e. The van der Waals surface area contributed by atoms with Crippen molar-refractivity contribution in [3.05, 3.63) is 23.5 Å². The van der Waals surface area contributed by atoms with Crippen molar-refractivity contribution in [2.24, 2.45) is 5.92 Å². The first-order chi connectivity index (χ1) is 5.26. The van der Waals surface area contributed by atoms with Gasteiger partial charge in [-0.15, -0.1) is 0 Å². The van der Waals surface area contributed by atoms with Crippen LogP contribution in [0.25, 0.3) is 0 Å². The summed E-state index contributed by atoms with van der Waals surface area (Å²) in [5, 5.41) is 8.70. The highest BCUT2D eigenvalue weighted by Crippen LogP contribution is 2.25. The Kier molecular flexibility index (Phi) is 2.47. The molecule has 0 aromatic heterocycles. The van der Waals surface area contributed by atoms with Crippen LogP contribution < -0.4 is 0 Å². The third-order valence-electron chi connectivity index (χ3n) is 1.86. The Balaban J connectivity index is 2.81. The van der Waals surface area contributed by atoms with E-state index < -0.39 is 0 Å². The van der Waals surface area contributed by atoms with Gasteiger partial charge in [0.2, 0.25) is 0 Å². The molecule has 0 saturated carbocycles. The Morgan fingerprint density at radius 3 is 2.91 bits per heavy atom. The molecule has 0 saturated heterocycles. The first kappa shape index (κ1) is 8.05. The molecule has 1 rings (SSSR count). The smallest absolute Gasteiger partial charge is 0.146 e. The lowest BCUT2D eigenvalue weighted by Crippen LogP contribution is -2.05. The van der Waals surface area contributed by atoms with Gasteiger partial charge in [-0.1, -0.05) is 6.92 Å². The third-order valence-corrected chi connectivity index (χ3v) is 1.86. The van der Waals surface area contributed by atoms with Gasteiger partial charge in [0.15, 0.2) is 0 Å². The summed E-state index contributed by atoms with van der Waals surface area (Å²) in [6.45, 7) is 2.07. The number of aliphatic hydroxyl groups is 1. The molecule has 60 valence electrons. The number of carbonyl (C=O) groups is 1. The molecule has 0 radical (unpaired) electrons. The van der Waals surface area contributed by atoms with Crippen LogP contribution in [0, 0.1) is 5.92 Å². The zero-order valence-electron chi connectivity index (χ0n) is 6.58. The van der Waals surface area contributed by atoms with Crippen molar-refractivity contribution in [3.8, 4) is 0 Å². The monoisotopic (exact) mass is 152 g/mol. The third kappa shape index (κ3) is 1.93. The largest absolute Gasteiger partial charge is 0.515 e. The molecule has 2 heteroatoms. The van der Waals surface area contributed by atoms with Crippen LogP contribution >= 0.6 is 0 Å². The fraction of sp³-hybridized carbons (Fsp3) is 0.444. The summed E-state index contributed by atoms with van der Waals surface area (Å²) in [6.07, 6.45) is 5.40. The van der Waals surface area contributed by atoms with Crippen LogP contribution in [0.15, 0.2) is 23.5 Å². The molecule has 1 aliphatic rings. The van der Waals surface area contributed by atoms with E-state index in [4.69, 9.17) is 5.11 Å². The van der Waals surface area contributed by atoms with Gasteiger partial charge >= 0.3 is 0 Å². The summed E-state index contributed by atoms with van der Waals surface area (Å²) >= 11 is 0. The molecule has 0 fully saturated rings. The van der Waals surface area contributed by atoms with Gasteiger partial charge in [-0.25, -0.2) is 0 Å². The maximum atomic E-state index is 10.4. The van der Waals surface area contributed by atoms with E-state index in [2.05, 4.69) is 6.92 Å². The lowest BCUT2D eigenvalue weighted by molar-refractivity contribution is -0.105. The van der Waals surface area contributed by atoms with E-state index in [0.717, 1.165) is 36.5 Å². The number of rotatable bonds is 1. The predicted molar refractivity (Wildman–Crippen MR) is 43.3 cm³/mol. The molecule has 1 unspecified atom stereocenters. The van der Waals surface area contributed by atoms with Crippen LogP contribution in [-0.2, 0) is 4.79 Å². The molecule has 1 aliphatic carbocycles. The minimum Gasteiger partial charge on any atom is -0.515 e. The summed E-state index contributed by atoms with van der Waals surface area (Å²) in [5.74, 6) is 0.471. The van der Waals surface area contributed by atoms with E-state index in [9.17, 15) is 4.79 Å². The van der Waals surface area contributed by atoms with E-state index >= 15 is 0 Å². The molecule has 0 aromatic carbocycles. The zero-order chi connectivity index (χ0) is 8.27. The van der Waals surface area contributed by atoms with Gasteiger partial charge in [0.1, 0.15) is 6.29 Å². The average Bonchev–Trinajstić information content (AvgIpc) is 2.03. The predicted octanol–water partition coefficient (Wildman–Crippen LogP) is 1.98. The van der Waals surface area contributed by atoms with E-state index in [1.807, 2.05) is 0 Å². The fourth-order valence-electron chi connectivity index (χ4n) is 1.40. The number of hydrogen-bond acceptors (Lipinski definition) is 2. The minimum atomic E-state index is 0.471. The van der Waals surface area contributed by atoms with Gasteiger partial charge in [0.05, 0.1) is 6.26 Å². The molecule has 2 nitrogen and oxygen atoms in total. The van der Waals surface area contributed by atoms with Crippen molar-refractivity contribution < 1.29 is 9.90 Å². The molecule has 1 atom stereocenters. The van der Waals surface area contributed by atoms with Gasteiger partial charge in [-0.2, -0.15) is 0 Å². The molecule has 0 spiro atoms. The van der Waals surface area contributed by atoms with Crippen LogP contribution in [0.3, 0.4) is 0 Å². The van der Waals surface area contributed by atoms with Crippen molar-refractivity contribution in [1.29, 1.82) is 0 Å². The Labute approximate surface area is 66.2 Å². The van der Waals surface area contributed by atoms with Crippen molar-refractivity contribution in [1.82, 2.24) is 0 Å². The molecular formula is C9H12O2. The Hall–Kier alpha value is -1.05. The highest BCUT2D eigenvalue weighted by atomic mass is 16.2. The van der Waals surface area contributed by atoms with Crippen molar-refractivity contribution >= 4 is 6.29 Å². The van der Waals surface area contributed by atoms with Crippen LogP contribution in [0.4, 0.5) is 0 Å². The second kappa shape index (κ2) is 3.37. The van der Waals surface area contributed by atoms with Gasteiger partial charge in [0.25, 0.3) is 0 Å². The highest BCUT2D eigenvalue weighted by Gasteiger charge is 2.13. The molecule has 1 N–H and O–H groups in total. The average molecular weight is 152 g/mol. The molecule has 11 heavy (non-hydrogen) atoms. The molecule has 0 aliphatic heterocycles. The number of allylic oxidation sites excluding steroid dienone is 3. The maximum absolute atomic E-state index is 10.4. The molecule has 0 heterocycles. The van der Waals surface area contributed by atoms with Crippen LogP contribution in [0.5, 0.6) is 0 Å². The lowest BCUT2D eigenvalue weighted by Gasteiger charge is -2.16. The first-order valence-corrected chi connectivity index (χ1v) is 3.75. The Morgan fingerprint density at radius 1 is 1.64 bits per heavy atom. The fourth-order valence-corrected chi connectivity index (χ4v) is 1.40. The number of carbonyl (C=O) groups excluding carboxylic acids is 1. The second-order valence-corrected chi connectivity index (χ2v) is 3.05.